The third-order valence-corrected chi connectivity index (χ3v) is 4.48. The van der Waals surface area contributed by atoms with Crippen LogP contribution in [0.15, 0.2) is 16.6 Å². The number of imide groups is 1. The third-order valence-electron chi connectivity index (χ3n) is 3.89. The van der Waals surface area contributed by atoms with Gasteiger partial charge >= 0.3 is 6.03 Å². The molecule has 124 valence electrons. The minimum absolute atomic E-state index is 0.200. The second kappa shape index (κ2) is 5.70. The number of rotatable bonds is 2. The molecule has 1 atom stereocenters. The van der Waals surface area contributed by atoms with E-state index in [1.54, 1.807) is 0 Å². The van der Waals surface area contributed by atoms with Crippen molar-refractivity contribution >= 4 is 27.9 Å². The Bertz CT molecular complexity index is 669. The molecule has 0 spiro atoms. The van der Waals surface area contributed by atoms with Gasteiger partial charge in [-0.3, -0.25) is 9.69 Å². The average Bonchev–Trinajstić information content (AvgIpc) is 2.75. The normalized spacial score (nSPS) is 20.7. The summed E-state index contributed by atoms with van der Waals surface area (Å²) in [5, 5.41) is 2.76. The zero-order valence-electron chi connectivity index (χ0n) is 13.3. The molecular weight excluding hydrogens is 364 g/mol. The minimum Gasteiger partial charge on any atom is -0.486 e. The highest BCUT2D eigenvalue weighted by molar-refractivity contribution is 9.10. The van der Waals surface area contributed by atoms with E-state index in [2.05, 4.69) is 21.2 Å². The zero-order chi connectivity index (χ0) is 16.8. The number of carbonyl (C=O) groups excluding carboxylic acids is 2. The summed E-state index contributed by atoms with van der Waals surface area (Å²) in [5.41, 5.74) is 0.480. The van der Waals surface area contributed by atoms with E-state index in [1.807, 2.05) is 32.9 Å². The number of fused-ring (bicyclic) bond motifs is 1. The Morgan fingerprint density at radius 1 is 1.26 bits per heavy atom. The van der Waals surface area contributed by atoms with E-state index >= 15 is 0 Å². The van der Waals surface area contributed by atoms with E-state index in [9.17, 15) is 9.59 Å². The summed E-state index contributed by atoms with van der Waals surface area (Å²) in [6, 6.07) is 2.79. The van der Waals surface area contributed by atoms with Gasteiger partial charge in [0.05, 0.1) is 11.0 Å². The number of benzene rings is 1. The number of ether oxygens (including phenoxy) is 2. The molecule has 2 aliphatic rings. The monoisotopic (exact) mass is 382 g/mol. The summed E-state index contributed by atoms with van der Waals surface area (Å²) < 4.78 is 11.9. The van der Waals surface area contributed by atoms with Gasteiger partial charge in [-0.25, -0.2) is 4.79 Å². The molecule has 0 saturated carbocycles. The smallest absolute Gasteiger partial charge is 0.325 e. The predicted molar refractivity (Wildman–Crippen MR) is 87.5 cm³/mol. The number of nitrogens with one attached hydrogen (secondary N) is 1. The van der Waals surface area contributed by atoms with Crippen molar-refractivity contribution in [1.29, 1.82) is 0 Å². The fourth-order valence-corrected chi connectivity index (χ4v) is 3.30. The number of hydrogen-bond donors (Lipinski definition) is 1. The molecule has 0 aliphatic carbocycles. The summed E-state index contributed by atoms with van der Waals surface area (Å²) in [5.74, 6) is 1.08. The largest absolute Gasteiger partial charge is 0.486 e. The number of hydrogen-bond acceptors (Lipinski definition) is 4. The highest BCUT2D eigenvalue weighted by atomic mass is 79.9. The number of urea groups is 1. The number of nitrogens with zero attached hydrogens (tertiary/aromatic N) is 1. The fraction of sp³-hybridized carbons (Fsp3) is 0.500. The molecule has 1 N–H and O–H groups in total. The van der Waals surface area contributed by atoms with Crippen molar-refractivity contribution < 1.29 is 19.1 Å². The molecule has 0 unspecified atom stereocenters. The first-order valence-electron chi connectivity index (χ1n) is 7.47. The van der Waals surface area contributed by atoms with Crippen LogP contribution in [0.2, 0.25) is 0 Å². The maximum Gasteiger partial charge on any atom is 0.325 e. The van der Waals surface area contributed by atoms with Crippen molar-refractivity contribution in [3.8, 4) is 11.5 Å². The van der Waals surface area contributed by atoms with Crippen molar-refractivity contribution in [2.45, 2.75) is 33.4 Å². The maximum absolute atomic E-state index is 12.5. The highest BCUT2D eigenvalue weighted by Crippen LogP contribution is 2.39. The Hall–Kier alpha value is -1.76. The standard InChI is InChI=1S/C16H19BrN2O4/c1-16(2,3)13-14(20)19(15(21)18-13)8-9-6-10(17)12-11(7-9)22-4-5-23-12/h6-7,13H,4-5,8H2,1-3H3,(H,18,21)/t13-/m0/s1. The molecule has 1 fully saturated rings. The molecule has 7 heteroatoms. The molecule has 0 radical (unpaired) electrons. The lowest BCUT2D eigenvalue weighted by Crippen LogP contribution is -2.41. The van der Waals surface area contributed by atoms with Crippen LogP contribution in [0.5, 0.6) is 11.5 Å². The van der Waals surface area contributed by atoms with Gasteiger partial charge in [0.15, 0.2) is 11.5 Å². The molecule has 6 nitrogen and oxygen atoms in total. The van der Waals surface area contributed by atoms with Crippen molar-refractivity contribution in [3.05, 3.63) is 22.2 Å². The molecule has 2 heterocycles. The van der Waals surface area contributed by atoms with Gasteiger partial charge in [0.2, 0.25) is 0 Å². The maximum atomic E-state index is 12.5. The van der Waals surface area contributed by atoms with E-state index in [0.29, 0.717) is 24.7 Å². The lowest BCUT2D eigenvalue weighted by molar-refractivity contribution is -0.129. The van der Waals surface area contributed by atoms with Crippen LogP contribution >= 0.6 is 15.9 Å². The minimum atomic E-state index is -0.504. The van der Waals surface area contributed by atoms with Gasteiger partial charge in [-0.05, 0) is 39.0 Å². The summed E-state index contributed by atoms with van der Waals surface area (Å²) in [6.45, 7) is 6.98. The molecule has 3 amide bonds. The van der Waals surface area contributed by atoms with E-state index < -0.39 is 6.04 Å². The second-order valence-corrected chi connectivity index (χ2v) is 7.63. The SMILES string of the molecule is CC(C)(C)[C@H]1NC(=O)N(Cc2cc(Br)c3c(c2)OCCO3)C1=O. The van der Waals surface area contributed by atoms with E-state index in [4.69, 9.17) is 9.47 Å². The molecule has 0 aromatic heterocycles. The Morgan fingerprint density at radius 3 is 2.61 bits per heavy atom. The number of amides is 3. The first-order valence-corrected chi connectivity index (χ1v) is 8.26. The Labute approximate surface area is 143 Å². The van der Waals surface area contributed by atoms with Crippen molar-refractivity contribution in [2.24, 2.45) is 5.41 Å². The summed E-state index contributed by atoms with van der Waals surface area (Å²) in [6.07, 6.45) is 0. The summed E-state index contributed by atoms with van der Waals surface area (Å²) in [7, 11) is 0. The number of halogens is 1. The Balaban J connectivity index is 1.84. The Kier molecular flexibility index (Phi) is 4.00. The van der Waals surface area contributed by atoms with Gasteiger partial charge in [-0.1, -0.05) is 20.8 Å². The Morgan fingerprint density at radius 2 is 1.96 bits per heavy atom. The van der Waals surface area contributed by atoms with Crippen LogP contribution in [-0.2, 0) is 11.3 Å². The van der Waals surface area contributed by atoms with Crippen molar-refractivity contribution in [3.63, 3.8) is 0 Å². The van der Waals surface area contributed by atoms with Crippen LogP contribution in [0.3, 0.4) is 0 Å². The summed E-state index contributed by atoms with van der Waals surface area (Å²) >= 11 is 3.45. The van der Waals surface area contributed by atoms with Crippen LogP contribution in [0, 0.1) is 5.41 Å². The van der Waals surface area contributed by atoms with Gasteiger partial charge in [0.25, 0.3) is 5.91 Å². The second-order valence-electron chi connectivity index (χ2n) is 6.77. The zero-order valence-corrected chi connectivity index (χ0v) is 14.9. The van der Waals surface area contributed by atoms with Gasteiger partial charge in [0.1, 0.15) is 19.3 Å². The molecule has 1 aromatic rings. The van der Waals surface area contributed by atoms with Crippen molar-refractivity contribution in [2.75, 3.05) is 13.2 Å². The topological polar surface area (TPSA) is 67.9 Å². The molecule has 3 rings (SSSR count). The molecule has 0 bridgehead atoms. The van der Waals surface area contributed by atoms with Crippen LogP contribution in [-0.4, -0.2) is 36.1 Å². The third kappa shape index (κ3) is 3.02. The lowest BCUT2D eigenvalue weighted by atomic mass is 9.87. The number of carbonyl (C=O) groups is 2. The quantitative estimate of drug-likeness (QED) is 0.798. The van der Waals surface area contributed by atoms with Gasteiger partial charge in [-0.15, -0.1) is 0 Å². The van der Waals surface area contributed by atoms with E-state index in [0.717, 1.165) is 10.0 Å². The summed E-state index contributed by atoms with van der Waals surface area (Å²) in [4.78, 5) is 25.9. The predicted octanol–water partition coefficient (Wildman–Crippen LogP) is 2.69. The first-order chi connectivity index (χ1) is 10.8. The van der Waals surface area contributed by atoms with E-state index in [1.165, 1.54) is 4.90 Å². The first kappa shape index (κ1) is 16.1. The molecule has 2 aliphatic heterocycles. The van der Waals surface area contributed by atoms with Crippen LogP contribution in [0.1, 0.15) is 26.3 Å². The molecule has 1 aromatic carbocycles. The highest BCUT2D eigenvalue weighted by Gasteiger charge is 2.44. The van der Waals surface area contributed by atoms with Gasteiger partial charge in [0, 0.05) is 0 Å². The van der Waals surface area contributed by atoms with Gasteiger partial charge < -0.3 is 14.8 Å². The van der Waals surface area contributed by atoms with Crippen LogP contribution in [0.25, 0.3) is 0 Å². The molecule has 1 saturated heterocycles. The van der Waals surface area contributed by atoms with Crippen LogP contribution in [0.4, 0.5) is 4.79 Å². The molecular formula is C16H19BrN2O4. The lowest BCUT2D eigenvalue weighted by Gasteiger charge is -2.24. The van der Waals surface area contributed by atoms with Crippen molar-refractivity contribution in [1.82, 2.24) is 10.2 Å². The fourth-order valence-electron chi connectivity index (χ4n) is 2.69. The van der Waals surface area contributed by atoms with Gasteiger partial charge in [-0.2, -0.15) is 0 Å². The van der Waals surface area contributed by atoms with Crippen LogP contribution < -0.4 is 14.8 Å². The molecule has 23 heavy (non-hydrogen) atoms. The average molecular weight is 383 g/mol. The van der Waals surface area contributed by atoms with E-state index in [-0.39, 0.29) is 23.9 Å².